The van der Waals surface area contributed by atoms with E-state index >= 15 is 0 Å². The van der Waals surface area contributed by atoms with Crippen LogP contribution in [-0.4, -0.2) is 65.7 Å². The summed E-state index contributed by atoms with van der Waals surface area (Å²) >= 11 is 0. The first-order chi connectivity index (χ1) is 17.7. The maximum absolute atomic E-state index is 13.5. The van der Waals surface area contributed by atoms with Crippen molar-refractivity contribution < 1.29 is 22.7 Å². The van der Waals surface area contributed by atoms with Crippen LogP contribution in [0, 0.1) is 11.3 Å². The second-order valence-corrected chi connectivity index (χ2v) is 11.1. The molecule has 1 amide bonds. The zero-order chi connectivity index (χ0) is 26.0. The number of benzene rings is 1. The van der Waals surface area contributed by atoms with Gasteiger partial charge in [0.25, 0.3) is 5.91 Å². The van der Waals surface area contributed by atoms with Crippen LogP contribution in [0.1, 0.15) is 62.2 Å². The lowest BCUT2D eigenvalue weighted by molar-refractivity contribution is -0.256. The number of piperidine rings is 1. The molecule has 0 spiro atoms. The lowest BCUT2D eigenvalue weighted by Crippen LogP contribution is -2.53. The highest BCUT2D eigenvalue weighted by Gasteiger charge is 2.58. The molecular weight excluding hydrogens is 479 g/mol. The van der Waals surface area contributed by atoms with E-state index in [1.807, 2.05) is 46.2 Å². The molecule has 3 heterocycles. The van der Waals surface area contributed by atoms with E-state index in [0.717, 1.165) is 43.4 Å². The Hall–Kier alpha value is -2.61. The number of rotatable bonds is 7. The van der Waals surface area contributed by atoms with Crippen molar-refractivity contribution in [3.8, 4) is 17.0 Å². The number of aromatic nitrogens is 1. The fourth-order valence-corrected chi connectivity index (χ4v) is 5.92. The topological polar surface area (TPSA) is 45.7 Å². The van der Waals surface area contributed by atoms with Crippen molar-refractivity contribution in [2.24, 2.45) is 11.3 Å². The highest BCUT2D eigenvalue weighted by Crippen LogP contribution is 2.53. The van der Waals surface area contributed by atoms with Gasteiger partial charge in [-0.2, -0.15) is 13.2 Å². The zero-order valence-electron chi connectivity index (χ0n) is 21.5. The average Bonchev–Trinajstić information content (AvgIpc) is 3.30. The maximum atomic E-state index is 13.5. The lowest BCUT2D eigenvalue weighted by Gasteiger charge is -2.47. The number of amides is 1. The Labute approximate surface area is 217 Å². The largest absolute Gasteiger partial charge is 0.477 e. The molecule has 2 aromatic rings. The molecule has 8 heteroatoms. The number of halogens is 3. The van der Waals surface area contributed by atoms with Gasteiger partial charge in [0.1, 0.15) is 0 Å². The maximum Gasteiger partial charge on any atom is 0.395 e. The molecule has 37 heavy (non-hydrogen) atoms. The van der Waals surface area contributed by atoms with Crippen LogP contribution in [0.5, 0.6) is 5.88 Å². The predicted octanol–water partition coefficient (Wildman–Crippen LogP) is 6.20. The van der Waals surface area contributed by atoms with Crippen molar-refractivity contribution in [3.63, 3.8) is 0 Å². The van der Waals surface area contributed by atoms with E-state index in [-0.39, 0.29) is 25.3 Å². The van der Waals surface area contributed by atoms with E-state index in [1.165, 1.54) is 0 Å². The van der Waals surface area contributed by atoms with Gasteiger partial charge in [-0.1, -0.05) is 18.6 Å². The summed E-state index contributed by atoms with van der Waals surface area (Å²) < 4.78 is 46.4. The number of alkyl halides is 3. The number of carbonyl (C=O) groups excluding carboxylic acids is 1. The van der Waals surface area contributed by atoms with E-state index in [0.29, 0.717) is 49.5 Å². The van der Waals surface area contributed by atoms with Crippen LogP contribution in [0.4, 0.5) is 13.2 Å². The molecule has 0 unspecified atom stereocenters. The second-order valence-electron chi connectivity index (χ2n) is 11.1. The summed E-state index contributed by atoms with van der Waals surface area (Å²) in [7, 11) is 0. The molecular formula is C29H36F3N3O2. The Balaban J connectivity index is 1.09. The highest BCUT2D eigenvalue weighted by molar-refractivity contribution is 5.95. The highest BCUT2D eigenvalue weighted by atomic mass is 19.4. The molecule has 1 aromatic heterocycles. The van der Waals surface area contributed by atoms with Gasteiger partial charge in [0.05, 0.1) is 12.0 Å². The molecule has 5 nitrogen and oxygen atoms in total. The monoisotopic (exact) mass is 515 g/mol. The molecule has 1 aromatic carbocycles. The van der Waals surface area contributed by atoms with Crippen LogP contribution in [0.3, 0.4) is 0 Å². The third kappa shape index (κ3) is 5.64. The average molecular weight is 516 g/mol. The summed E-state index contributed by atoms with van der Waals surface area (Å²) in [5.41, 5.74) is 1.16. The fraction of sp³-hybridized carbons (Fsp3) is 0.586. The summed E-state index contributed by atoms with van der Waals surface area (Å²) in [6, 6.07) is 11.8. The molecule has 200 valence electrons. The van der Waals surface area contributed by atoms with Gasteiger partial charge in [0.15, 0.2) is 0 Å². The number of likely N-dealkylation sites (tertiary alicyclic amines) is 2. The van der Waals surface area contributed by atoms with Gasteiger partial charge in [-0.25, -0.2) is 4.98 Å². The molecule has 1 atom stereocenters. The molecule has 0 radical (unpaired) electrons. The molecule has 0 bridgehead atoms. The smallest absolute Gasteiger partial charge is 0.395 e. The summed E-state index contributed by atoms with van der Waals surface area (Å²) in [6.45, 7) is 4.96. The standard InChI is InChI=1S/C29H36F3N3O2/c1-21-4-2-15-35(21)27(36)24-7-5-23(6-8-24)25-9-10-26(33-18-25)37-19-22-11-16-34(17-12-22)20-28(13-3-14-28)29(30,31)32/h5-10,18,21-22H,2-4,11-17,19-20H2,1H3/t21-/m0/s1. The molecule has 1 saturated carbocycles. The van der Waals surface area contributed by atoms with Crippen molar-refractivity contribution in [1.29, 1.82) is 0 Å². The first-order valence-electron chi connectivity index (χ1n) is 13.5. The Kier molecular flexibility index (Phi) is 7.48. The van der Waals surface area contributed by atoms with Crippen LogP contribution < -0.4 is 4.74 Å². The van der Waals surface area contributed by atoms with E-state index in [1.54, 1.807) is 6.20 Å². The van der Waals surface area contributed by atoms with Gasteiger partial charge in [0, 0.05) is 42.5 Å². The lowest BCUT2D eigenvalue weighted by atomic mass is 9.67. The third-order valence-electron chi connectivity index (χ3n) is 8.63. The van der Waals surface area contributed by atoms with Crippen LogP contribution >= 0.6 is 0 Å². The van der Waals surface area contributed by atoms with Crippen LogP contribution in [0.25, 0.3) is 11.1 Å². The zero-order valence-corrected chi connectivity index (χ0v) is 21.5. The molecule has 0 N–H and O–H groups in total. The van der Waals surface area contributed by atoms with Crippen molar-refractivity contribution in [3.05, 3.63) is 48.2 Å². The summed E-state index contributed by atoms with van der Waals surface area (Å²) in [4.78, 5) is 21.1. The van der Waals surface area contributed by atoms with Gasteiger partial charge in [-0.15, -0.1) is 0 Å². The third-order valence-corrected chi connectivity index (χ3v) is 8.63. The van der Waals surface area contributed by atoms with E-state index in [4.69, 9.17) is 4.74 Å². The number of hydrogen-bond donors (Lipinski definition) is 0. The molecule has 2 aliphatic heterocycles. The van der Waals surface area contributed by atoms with Gasteiger partial charge >= 0.3 is 6.18 Å². The minimum Gasteiger partial charge on any atom is -0.477 e. The minimum atomic E-state index is -4.10. The first kappa shape index (κ1) is 26.0. The van der Waals surface area contributed by atoms with Gasteiger partial charge in [-0.3, -0.25) is 4.79 Å². The summed E-state index contributed by atoms with van der Waals surface area (Å²) in [6.07, 6.45) is 2.68. The van der Waals surface area contributed by atoms with E-state index in [9.17, 15) is 18.0 Å². The Morgan fingerprint density at radius 1 is 1.00 bits per heavy atom. The second kappa shape index (κ2) is 10.6. The Bertz CT molecular complexity index is 1060. The number of hydrogen-bond acceptors (Lipinski definition) is 4. The minimum absolute atomic E-state index is 0.0900. The SMILES string of the molecule is C[C@H]1CCCN1C(=O)c1ccc(-c2ccc(OCC3CCN(CC4(C(F)(F)F)CCC4)CC3)nc2)cc1. The summed E-state index contributed by atoms with van der Waals surface area (Å²) in [5.74, 6) is 0.961. The molecule has 3 fully saturated rings. The fourth-order valence-electron chi connectivity index (χ4n) is 5.92. The molecule has 1 aliphatic carbocycles. The number of pyridine rings is 1. The molecule has 2 saturated heterocycles. The van der Waals surface area contributed by atoms with E-state index < -0.39 is 11.6 Å². The van der Waals surface area contributed by atoms with Crippen molar-refractivity contribution in [2.75, 3.05) is 32.8 Å². The Morgan fingerprint density at radius 2 is 1.70 bits per heavy atom. The van der Waals surface area contributed by atoms with Gasteiger partial charge in [-0.05, 0) is 88.2 Å². The number of nitrogens with zero attached hydrogens (tertiary/aromatic N) is 3. The summed E-state index contributed by atoms with van der Waals surface area (Å²) in [5, 5.41) is 0. The Morgan fingerprint density at radius 3 is 2.24 bits per heavy atom. The van der Waals surface area contributed by atoms with Crippen LogP contribution in [-0.2, 0) is 0 Å². The molecule has 5 rings (SSSR count). The molecule has 3 aliphatic rings. The van der Waals surface area contributed by atoms with E-state index in [2.05, 4.69) is 11.9 Å². The van der Waals surface area contributed by atoms with Gasteiger partial charge in [0.2, 0.25) is 5.88 Å². The van der Waals surface area contributed by atoms with Crippen LogP contribution in [0.15, 0.2) is 42.6 Å². The normalized spacial score (nSPS) is 22.6. The van der Waals surface area contributed by atoms with Crippen LogP contribution in [0.2, 0.25) is 0 Å². The van der Waals surface area contributed by atoms with Gasteiger partial charge < -0.3 is 14.5 Å². The number of carbonyl (C=O) groups is 1. The van der Waals surface area contributed by atoms with Crippen molar-refractivity contribution in [2.45, 2.75) is 64.1 Å². The van der Waals surface area contributed by atoms with Crippen molar-refractivity contribution >= 4 is 5.91 Å². The number of ether oxygens (including phenoxy) is 1. The quantitative estimate of drug-likeness (QED) is 0.441. The van der Waals surface area contributed by atoms with Crippen molar-refractivity contribution in [1.82, 2.24) is 14.8 Å². The first-order valence-corrected chi connectivity index (χ1v) is 13.5. The predicted molar refractivity (Wildman–Crippen MR) is 136 cm³/mol.